The second-order valence-electron chi connectivity index (χ2n) is 5.78. The van der Waals surface area contributed by atoms with E-state index in [9.17, 15) is 4.79 Å². The van der Waals surface area contributed by atoms with Crippen LogP contribution in [0.1, 0.15) is 44.5 Å². The highest BCUT2D eigenvalue weighted by Gasteiger charge is 2.15. The van der Waals surface area contributed by atoms with Gasteiger partial charge in [-0.05, 0) is 38.0 Å². The van der Waals surface area contributed by atoms with Crippen molar-refractivity contribution >= 4 is 33.3 Å². The zero-order valence-electron chi connectivity index (χ0n) is 12.6. The van der Waals surface area contributed by atoms with Crippen LogP contribution in [0.5, 0.6) is 0 Å². The van der Waals surface area contributed by atoms with Crippen molar-refractivity contribution in [3.63, 3.8) is 0 Å². The maximum Gasteiger partial charge on any atom is 0.165 e. The molecule has 0 aliphatic carbocycles. The highest BCUT2D eigenvalue weighted by molar-refractivity contribution is 9.10. The molecule has 0 saturated carbocycles. The van der Waals surface area contributed by atoms with Gasteiger partial charge in [-0.15, -0.1) is 0 Å². The van der Waals surface area contributed by atoms with Crippen molar-refractivity contribution in [2.75, 3.05) is 13.1 Å². The molecule has 0 heterocycles. The summed E-state index contributed by atoms with van der Waals surface area (Å²) in [4.78, 5) is 14.6. The standard InChI is InChI=1S/C16H23BrClNO/c1-11(2)10-19(12(3)4)8-7-16(20)14-6-5-13(17)9-15(14)18/h5-6,9,11-12H,7-8,10H2,1-4H3. The Morgan fingerprint density at radius 2 is 1.95 bits per heavy atom. The summed E-state index contributed by atoms with van der Waals surface area (Å²) in [6, 6.07) is 5.86. The highest BCUT2D eigenvalue weighted by atomic mass is 79.9. The quantitative estimate of drug-likeness (QED) is 0.635. The summed E-state index contributed by atoms with van der Waals surface area (Å²) in [6.07, 6.45) is 0.506. The molecule has 112 valence electrons. The molecule has 0 aliphatic rings. The molecular formula is C16H23BrClNO. The molecule has 4 heteroatoms. The van der Waals surface area contributed by atoms with E-state index in [1.165, 1.54) is 0 Å². The third-order valence-corrected chi connectivity index (χ3v) is 3.99. The average molecular weight is 361 g/mol. The van der Waals surface area contributed by atoms with E-state index in [0.29, 0.717) is 29.0 Å². The smallest absolute Gasteiger partial charge is 0.165 e. The fourth-order valence-corrected chi connectivity index (χ4v) is 2.90. The summed E-state index contributed by atoms with van der Waals surface area (Å²) in [5.41, 5.74) is 0.614. The van der Waals surface area contributed by atoms with Gasteiger partial charge in [0.05, 0.1) is 5.02 Å². The number of Topliss-reactive ketones (excluding diaryl/α,β-unsaturated/α-hetero) is 1. The normalized spacial score (nSPS) is 11.7. The monoisotopic (exact) mass is 359 g/mol. The lowest BCUT2D eigenvalue weighted by Gasteiger charge is -2.27. The van der Waals surface area contributed by atoms with Crippen LogP contribution < -0.4 is 0 Å². The van der Waals surface area contributed by atoms with Crippen LogP contribution in [0.15, 0.2) is 22.7 Å². The van der Waals surface area contributed by atoms with Crippen LogP contribution in [0.3, 0.4) is 0 Å². The van der Waals surface area contributed by atoms with E-state index in [1.807, 2.05) is 6.07 Å². The number of hydrogen-bond acceptors (Lipinski definition) is 2. The Bertz CT molecular complexity index is 460. The van der Waals surface area contributed by atoms with Crippen LogP contribution in [0.2, 0.25) is 5.02 Å². The summed E-state index contributed by atoms with van der Waals surface area (Å²) in [6.45, 7) is 10.5. The lowest BCUT2D eigenvalue weighted by molar-refractivity contribution is 0.0950. The fourth-order valence-electron chi connectivity index (χ4n) is 2.12. The molecule has 1 rings (SSSR count). The Labute approximate surface area is 135 Å². The highest BCUT2D eigenvalue weighted by Crippen LogP contribution is 2.22. The minimum atomic E-state index is 0.108. The third kappa shape index (κ3) is 5.55. The second kappa shape index (κ2) is 8.16. The lowest BCUT2D eigenvalue weighted by atomic mass is 10.1. The Morgan fingerprint density at radius 1 is 1.30 bits per heavy atom. The predicted molar refractivity (Wildman–Crippen MR) is 89.6 cm³/mol. The molecule has 0 spiro atoms. The van der Waals surface area contributed by atoms with Gasteiger partial charge in [0, 0.05) is 35.6 Å². The molecule has 1 aromatic carbocycles. The maximum atomic E-state index is 12.3. The first-order valence-corrected chi connectivity index (χ1v) is 8.20. The van der Waals surface area contributed by atoms with Crippen molar-refractivity contribution in [2.45, 2.75) is 40.2 Å². The zero-order valence-corrected chi connectivity index (χ0v) is 15.0. The molecule has 0 bridgehead atoms. The number of carbonyl (C=O) groups is 1. The van der Waals surface area contributed by atoms with Crippen LogP contribution in [0.25, 0.3) is 0 Å². The summed E-state index contributed by atoms with van der Waals surface area (Å²) < 4.78 is 0.891. The van der Waals surface area contributed by atoms with E-state index >= 15 is 0 Å². The lowest BCUT2D eigenvalue weighted by Crippen LogP contribution is -2.35. The van der Waals surface area contributed by atoms with Crippen molar-refractivity contribution in [1.29, 1.82) is 0 Å². The van der Waals surface area contributed by atoms with Crippen molar-refractivity contribution in [3.8, 4) is 0 Å². The van der Waals surface area contributed by atoms with Crippen LogP contribution in [0, 0.1) is 5.92 Å². The first-order chi connectivity index (χ1) is 9.31. The molecule has 0 amide bonds. The van der Waals surface area contributed by atoms with Crippen LogP contribution in [-0.4, -0.2) is 29.8 Å². The molecule has 0 fully saturated rings. The molecule has 20 heavy (non-hydrogen) atoms. The number of nitrogens with zero attached hydrogens (tertiary/aromatic N) is 1. The Hall–Kier alpha value is -0.380. The van der Waals surface area contributed by atoms with Crippen LogP contribution in [-0.2, 0) is 0 Å². The fraction of sp³-hybridized carbons (Fsp3) is 0.562. The molecule has 1 aromatic rings. The number of rotatable bonds is 7. The molecule has 0 N–H and O–H groups in total. The van der Waals surface area contributed by atoms with E-state index in [2.05, 4.69) is 48.5 Å². The second-order valence-corrected chi connectivity index (χ2v) is 7.10. The topological polar surface area (TPSA) is 20.3 Å². The van der Waals surface area contributed by atoms with Gasteiger partial charge in [0.15, 0.2) is 5.78 Å². The Kier molecular flexibility index (Phi) is 7.21. The van der Waals surface area contributed by atoms with Gasteiger partial charge in [-0.1, -0.05) is 41.4 Å². The summed E-state index contributed by atoms with van der Waals surface area (Å²) in [7, 11) is 0. The average Bonchev–Trinajstić information content (AvgIpc) is 2.33. The molecule has 0 radical (unpaired) electrons. The van der Waals surface area contributed by atoms with E-state index in [4.69, 9.17) is 11.6 Å². The van der Waals surface area contributed by atoms with Crippen LogP contribution >= 0.6 is 27.5 Å². The molecular weight excluding hydrogens is 338 g/mol. The number of halogens is 2. The molecule has 0 aromatic heterocycles. The van der Waals surface area contributed by atoms with Gasteiger partial charge in [0.2, 0.25) is 0 Å². The van der Waals surface area contributed by atoms with E-state index in [0.717, 1.165) is 17.6 Å². The summed E-state index contributed by atoms with van der Waals surface area (Å²) in [5.74, 6) is 0.709. The van der Waals surface area contributed by atoms with Gasteiger partial charge >= 0.3 is 0 Å². The molecule has 2 nitrogen and oxygen atoms in total. The first kappa shape index (κ1) is 17.7. The van der Waals surface area contributed by atoms with Gasteiger partial charge < -0.3 is 4.90 Å². The van der Waals surface area contributed by atoms with Crippen molar-refractivity contribution in [3.05, 3.63) is 33.3 Å². The Morgan fingerprint density at radius 3 is 2.45 bits per heavy atom. The van der Waals surface area contributed by atoms with Gasteiger partial charge in [-0.2, -0.15) is 0 Å². The van der Waals surface area contributed by atoms with Crippen molar-refractivity contribution in [1.82, 2.24) is 4.90 Å². The zero-order chi connectivity index (χ0) is 15.3. The van der Waals surface area contributed by atoms with Crippen molar-refractivity contribution < 1.29 is 4.79 Å². The number of carbonyl (C=O) groups excluding carboxylic acids is 1. The first-order valence-electron chi connectivity index (χ1n) is 7.03. The maximum absolute atomic E-state index is 12.3. The van der Waals surface area contributed by atoms with E-state index in [1.54, 1.807) is 12.1 Å². The predicted octanol–water partition coefficient (Wildman–Crippen LogP) is 5.04. The van der Waals surface area contributed by atoms with Gasteiger partial charge in [-0.25, -0.2) is 0 Å². The summed E-state index contributed by atoms with van der Waals surface area (Å²) >= 11 is 9.47. The minimum absolute atomic E-state index is 0.108. The molecule has 0 aliphatic heterocycles. The number of benzene rings is 1. The van der Waals surface area contributed by atoms with Crippen LogP contribution in [0.4, 0.5) is 0 Å². The SMILES string of the molecule is CC(C)CN(CCC(=O)c1ccc(Br)cc1Cl)C(C)C. The molecule has 0 saturated heterocycles. The Balaban J connectivity index is 2.65. The largest absolute Gasteiger partial charge is 0.300 e. The van der Waals surface area contributed by atoms with Gasteiger partial charge in [0.1, 0.15) is 0 Å². The van der Waals surface area contributed by atoms with Gasteiger partial charge in [0.25, 0.3) is 0 Å². The third-order valence-electron chi connectivity index (χ3n) is 3.19. The number of hydrogen-bond donors (Lipinski definition) is 0. The molecule has 0 unspecified atom stereocenters. The van der Waals surface area contributed by atoms with E-state index in [-0.39, 0.29) is 5.78 Å². The number of ketones is 1. The summed E-state index contributed by atoms with van der Waals surface area (Å²) in [5, 5.41) is 0.518. The molecule has 0 atom stereocenters. The van der Waals surface area contributed by atoms with Crippen molar-refractivity contribution in [2.24, 2.45) is 5.92 Å². The van der Waals surface area contributed by atoms with E-state index < -0.39 is 0 Å². The van der Waals surface area contributed by atoms with Gasteiger partial charge in [-0.3, -0.25) is 4.79 Å². The minimum Gasteiger partial charge on any atom is -0.300 e.